The van der Waals surface area contributed by atoms with Gasteiger partial charge in [-0.15, -0.1) is 5.53 Å². The van der Waals surface area contributed by atoms with Crippen molar-refractivity contribution in [1.82, 2.24) is 40.7 Å². The predicted molar refractivity (Wildman–Crippen MR) is 171 cm³/mol. The number of likely N-dealkylation sites (tertiary alicyclic amines) is 1. The van der Waals surface area contributed by atoms with Crippen LogP contribution in [0.25, 0.3) is 11.4 Å². The second-order valence-electron chi connectivity index (χ2n) is 11.9. The van der Waals surface area contributed by atoms with E-state index < -0.39 is 12.3 Å². The number of ether oxygens (including phenoxy) is 2. The maximum Gasteiger partial charge on any atom is 0.273 e. The molecule has 7 rings (SSSR count). The lowest BCUT2D eigenvalue weighted by atomic mass is 10.0. The molecule has 3 N–H and O–H groups in total. The van der Waals surface area contributed by atoms with Crippen LogP contribution >= 0.6 is 0 Å². The Morgan fingerprint density at radius 2 is 1.91 bits per heavy atom. The van der Waals surface area contributed by atoms with Gasteiger partial charge in [-0.1, -0.05) is 0 Å². The number of nitrogens with one attached hydrogen (secondary N) is 3. The first-order valence-corrected chi connectivity index (χ1v) is 15.7. The summed E-state index contributed by atoms with van der Waals surface area (Å²) in [7, 11) is 1.75. The van der Waals surface area contributed by atoms with E-state index in [-0.39, 0.29) is 30.2 Å². The van der Waals surface area contributed by atoms with Gasteiger partial charge in [0.25, 0.3) is 5.91 Å². The lowest BCUT2D eigenvalue weighted by Crippen LogP contribution is -2.56. The Balaban J connectivity index is 0.960. The molecule has 3 fully saturated rings. The number of benzene rings is 2. The lowest BCUT2D eigenvalue weighted by molar-refractivity contribution is -0.131. The summed E-state index contributed by atoms with van der Waals surface area (Å²) >= 11 is 0. The molecule has 15 heteroatoms. The topological polar surface area (TPSA) is 147 Å². The highest BCUT2D eigenvalue weighted by Gasteiger charge is 2.35. The Kier molecular flexibility index (Phi) is 8.70. The molecule has 0 saturated carbocycles. The number of alkyl halides is 1. The van der Waals surface area contributed by atoms with Gasteiger partial charge in [0.15, 0.2) is 12.0 Å². The van der Waals surface area contributed by atoms with E-state index in [4.69, 9.17) is 9.47 Å². The minimum Gasteiger partial charge on any atom is -0.486 e. The van der Waals surface area contributed by atoms with Crippen LogP contribution in [0.3, 0.4) is 0 Å². The largest absolute Gasteiger partial charge is 0.486 e. The van der Waals surface area contributed by atoms with E-state index in [1.165, 1.54) is 16.9 Å². The SMILES string of the molecule is CN1C=C(C(=O)N2CCC(Oc3ccc(-c4ncnc(Nc5ccc(N6CCN(C7COC7)CC6)cc5)n4)cc3C#N)C(F)C2)NN1. The van der Waals surface area contributed by atoms with Crippen molar-refractivity contribution in [1.29, 1.82) is 5.26 Å². The molecule has 47 heavy (non-hydrogen) atoms. The number of hydrogen-bond acceptors (Lipinski definition) is 13. The highest BCUT2D eigenvalue weighted by Crippen LogP contribution is 2.29. The van der Waals surface area contributed by atoms with Crippen LogP contribution in [0.5, 0.6) is 5.75 Å². The summed E-state index contributed by atoms with van der Waals surface area (Å²) in [5, 5.41) is 14.7. The molecule has 244 valence electrons. The molecule has 0 radical (unpaired) electrons. The first-order chi connectivity index (χ1) is 22.9. The van der Waals surface area contributed by atoms with Crippen LogP contribution in [0.1, 0.15) is 12.0 Å². The first-order valence-electron chi connectivity index (χ1n) is 15.7. The van der Waals surface area contributed by atoms with E-state index in [1.807, 2.05) is 12.1 Å². The van der Waals surface area contributed by atoms with Crippen LogP contribution in [-0.4, -0.2) is 114 Å². The lowest BCUT2D eigenvalue weighted by Gasteiger charge is -2.43. The van der Waals surface area contributed by atoms with Crippen molar-refractivity contribution >= 4 is 23.2 Å². The molecule has 0 spiro atoms. The highest BCUT2D eigenvalue weighted by atomic mass is 19.1. The smallest absolute Gasteiger partial charge is 0.273 e. The molecule has 2 atom stereocenters. The molecule has 4 aliphatic heterocycles. The number of hydrogen-bond donors (Lipinski definition) is 3. The molecule has 0 bridgehead atoms. The minimum atomic E-state index is -1.42. The zero-order valence-corrected chi connectivity index (χ0v) is 26.0. The molecule has 2 unspecified atom stereocenters. The molecule has 0 aliphatic carbocycles. The highest BCUT2D eigenvalue weighted by molar-refractivity contribution is 5.93. The van der Waals surface area contributed by atoms with E-state index in [9.17, 15) is 10.1 Å². The summed E-state index contributed by atoms with van der Waals surface area (Å²) in [6.45, 7) is 5.94. The van der Waals surface area contributed by atoms with Gasteiger partial charge in [-0.05, 0) is 42.5 Å². The van der Waals surface area contributed by atoms with Gasteiger partial charge in [0.05, 0.1) is 31.4 Å². The summed E-state index contributed by atoms with van der Waals surface area (Å²) in [4.78, 5) is 32.2. The minimum absolute atomic E-state index is 0.108. The fourth-order valence-corrected chi connectivity index (χ4v) is 6.07. The van der Waals surface area contributed by atoms with Gasteiger partial charge in [-0.3, -0.25) is 20.1 Å². The van der Waals surface area contributed by atoms with Crippen LogP contribution < -0.4 is 25.9 Å². The number of nitriles is 1. The standard InChI is InChI=1S/C32H36FN11O3/c1-41-17-27(39-40-41)31(45)44-9-8-29(26(33)16-44)47-28-7-2-21(14-22(28)15-34)30-35-20-36-32(38-30)37-23-3-5-24(6-4-23)42-10-12-43(13-11-42)25-18-46-19-25/h2-7,14,17,20,25-26,29,39-40H,8-13,16,18-19H2,1H3,(H,35,36,37,38). The molecular weight excluding hydrogens is 605 g/mol. The Labute approximate surface area is 271 Å². The van der Waals surface area contributed by atoms with Gasteiger partial charge in [0.2, 0.25) is 5.95 Å². The molecule has 1 amide bonds. The number of rotatable bonds is 8. The molecule has 5 heterocycles. The van der Waals surface area contributed by atoms with Gasteiger partial charge < -0.3 is 24.6 Å². The normalized spacial score (nSPS) is 21.8. The van der Waals surface area contributed by atoms with Crippen molar-refractivity contribution < 1.29 is 18.7 Å². The molecular formula is C32H36FN11O3. The zero-order chi connectivity index (χ0) is 32.3. The van der Waals surface area contributed by atoms with Crippen molar-refractivity contribution in [3.63, 3.8) is 0 Å². The van der Waals surface area contributed by atoms with Gasteiger partial charge >= 0.3 is 0 Å². The molecule has 3 aromatic rings. The zero-order valence-electron chi connectivity index (χ0n) is 26.0. The number of amides is 1. The number of halogens is 1. The second-order valence-corrected chi connectivity index (χ2v) is 11.9. The van der Waals surface area contributed by atoms with Crippen LogP contribution in [0, 0.1) is 11.3 Å². The second kappa shape index (κ2) is 13.4. The Hall–Kier alpha value is -5.04. The van der Waals surface area contributed by atoms with Crippen LogP contribution in [-0.2, 0) is 9.53 Å². The number of piperazine rings is 1. The quantitative estimate of drug-likeness (QED) is 0.329. The summed E-state index contributed by atoms with van der Waals surface area (Å²) in [6, 6.07) is 15.9. The van der Waals surface area contributed by atoms with Gasteiger partial charge in [-0.2, -0.15) is 10.2 Å². The monoisotopic (exact) mass is 641 g/mol. The number of aromatic nitrogens is 3. The number of carbonyl (C=O) groups is 1. The van der Waals surface area contributed by atoms with Crippen molar-refractivity contribution in [2.75, 3.05) is 69.7 Å². The number of nitrogens with zero attached hydrogens (tertiary/aromatic N) is 8. The molecule has 4 aliphatic rings. The van der Waals surface area contributed by atoms with Crippen molar-refractivity contribution in [3.05, 3.63) is 66.3 Å². The molecule has 2 aromatic carbocycles. The van der Waals surface area contributed by atoms with Crippen molar-refractivity contribution in [2.24, 2.45) is 0 Å². The number of hydrazine groups is 2. The third-order valence-electron chi connectivity index (χ3n) is 8.84. The Morgan fingerprint density at radius 3 is 2.60 bits per heavy atom. The maximum absolute atomic E-state index is 15.2. The fourth-order valence-electron chi connectivity index (χ4n) is 6.07. The van der Waals surface area contributed by atoms with Gasteiger partial charge in [-0.25, -0.2) is 14.4 Å². The predicted octanol–water partition coefficient (Wildman–Crippen LogP) is 1.79. The van der Waals surface area contributed by atoms with Crippen molar-refractivity contribution in [3.8, 4) is 23.2 Å². The van der Waals surface area contributed by atoms with E-state index in [0.717, 1.165) is 45.1 Å². The van der Waals surface area contributed by atoms with E-state index in [2.05, 4.69) is 59.2 Å². The van der Waals surface area contributed by atoms with E-state index >= 15 is 4.39 Å². The molecule has 3 saturated heterocycles. The fraction of sp³-hybridized carbons (Fsp3) is 0.406. The van der Waals surface area contributed by atoms with Gasteiger partial charge in [0, 0.05) is 69.3 Å². The van der Waals surface area contributed by atoms with Crippen LogP contribution in [0.15, 0.2) is 60.7 Å². The average molecular weight is 642 g/mol. The molecule has 1 aromatic heterocycles. The number of carbonyl (C=O) groups excluding carboxylic acids is 1. The number of anilines is 3. The Bertz CT molecular complexity index is 1670. The average Bonchev–Trinajstić information content (AvgIpc) is 3.51. The third-order valence-corrected chi connectivity index (χ3v) is 8.84. The number of piperidine rings is 1. The summed E-state index contributed by atoms with van der Waals surface area (Å²) in [5.74, 6) is 0.714. The maximum atomic E-state index is 15.2. The first kappa shape index (κ1) is 30.6. The summed E-state index contributed by atoms with van der Waals surface area (Å²) in [6.07, 6.45) is 1.09. The third kappa shape index (κ3) is 6.75. The summed E-state index contributed by atoms with van der Waals surface area (Å²) < 4.78 is 26.5. The Morgan fingerprint density at radius 1 is 1.11 bits per heavy atom. The van der Waals surface area contributed by atoms with E-state index in [0.29, 0.717) is 35.6 Å². The van der Waals surface area contributed by atoms with Crippen molar-refractivity contribution in [2.45, 2.75) is 24.7 Å². The summed E-state index contributed by atoms with van der Waals surface area (Å²) in [5.41, 5.74) is 8.73. The van der Waals surface area contributed by atoms with Crippen LogP contribution in [0.2, 0.25) is 0 Å². The molecule has 14 nitrogen and oxygen atoms in total. The van der Waals surface area contributed by atoms with Gasteiger partial charge in [0.1, 0.15) is 29.9 Å². The van der Waals surface area contributed by atoms with E-state index in [1.54, 1.807) is 36.5 Å². The van der Waals surface area contributed by atoms with Crippen LogP contribution in [0.4, 0.5) is 21.7 Å².